The maximum absolute atomic E-state index is 12.6. The smallest absolute Gasteiger partial charge is 0.248 e. The fourth-order valence-electron chi connectivity index (χ4n) is 4.16. The van der Waals surface area contributed by atoms with Crippen LogP contribution in [0.2, 0.25) is 0 Å². The lowest BCUT2D eigenvalue weighted by molar-refractivity contribution is -0.175. The molecule has 3 saturated heterocycles. The minimum Gasteiger partial charge on any atom is -0.381 e. The highest BCUT2D eigenvalue weighted by Crippen LogP contribution is 2.32. The quantitative estimate of drug-likeness (QED) is 0.820. The van der Waals surface area contributed by atoms with Crippen LogP contribution in [0.5, 0.6) is 0 Å². The van der Waals surface area contributed by atoms with Crippen LogP contribution in [0.1, 0.15) is 24.8 Å². The van der Waals surface area contributed by atoms with Crippen LogP contribution in [0.15, 0.2) is 30.3 Å². The molecule has 0 radical (unpaired) electrons. The molecule has 3 aliphatic rings. The molecule has 1 atom stereocenters. The van der Waals surface area contributed by atoms with Gasteiger partial charge in [0.2, 0.25) is 11.8 Å². The molecule has 140 valence electrons. The number of ether oxygens (including phenoxy) is 2. The van der Waals surface area contributed by atoms with E-state index in [4.69, 9.17) is 9.47 Å². The molecule has 4 rings (SSSR count). The number of likely N-dealkylation sites (tertiary alicyclic amines) is 1. The molecule has 3 fully saturated rings. The highest BCUT2D eigenvalue weighted by molar-refractivity contribution is 5.80. The van der Waals surface area contributed by atoms with E-state index in [0.29, 0.717) is 39.4 Å². The summed E-state index contributed by atoms with van der Waals surface area (Å²) < 4.78 is 11.3. The van der Waals surface area contributed by atoms with Crippen molar-refractivity contribution in [2.24, 2.45) is 5.92 Å². The Bertz CT molecular complexity index is 649. The van der Waals surface area contributed by atoms with Crippen LogP contribution in [-0.2, 0) is 25.6 Å². The number of hydrogen-bond acceptors (Lipinski definition) is 4. The van der Waals surface area contributed by atoms with Gasteiger partial charge in [-0.05, 0) is 24.8 Å². The number of rotatable bonds is 3. The third-order valence-corrected chi connectivity index (χ3v) is 5.82. The lowest BCUT2D eigenvalue weighted by Gasteiger charge is -2.47. The Morgan fingerprint density at radius 1 is 1.19 bits per heavy atom. The molecule has 26 heavy (non-hydrogen) atoms. The topological polar surface area (TPSA) is 59.1 Å². The van der Waals surface area contributed by atoms with E-state index >= 15 is 0 Å². The summed E-state index contributed by atoms with van der Waals surface area (Å²) in [6, 6.07) is 10.1. The zero-order valence-corrected chi connectivity index (χ0v) is 15.1. The van der Waals surface area contributed by atoms with Crippen LogP contribution in [0.25, 0.3) is 0 Å². The molecule has 1 unspecified atom stereocenters. The Morgan fingerprint density at radius 2 is 1.96 bits per heavy atom. The van der Waals surface area contributed by atoms with Crippen molar-refractivity contribution in [3.05, 3.63) is 35.9 Å². The molecule has 6 nitrogen and oxygen atoms in total. The fourth-order valence-corrected chi connectivity index (χ4v) is 4.16. The number of carbonyl (C=O) groups excluding carboxylic acids is 2. The summed E-state index contributed by atoms with van der Waals surface area (Å²) in [5, 5.41) is 0. The average molecular weight is 358 g/mol. The van der Waals surface area contributed by atoms with Crippen molar-refractivity contribution in [2.75, 3.05) is 39.5 Å². The lowest BCUT2D eigenvalue weighted by Crippen LogP contribution is -2.59. The minimum atomic E-state index is -0.314. The van der Waals surface area contributed by atoms with E-state index < -0.39 is 0 Å². The Kier molecular flexibility index (Phi) is 4.96. The van der Waals surface area contributed by atoms with Gasteiger partial charge >= 0.3 is 0 Å². The van der Waals surface area contributed by atoms with E-state index in [2.05, 4.69) is 0 Å². The molecule has 1 aromatic rings. The number of morpholine rings is 1. The molecule has 0 aliphatic carbocycles. The molecule has 0 aromatic heterocycles. The van der Waals surface area contributed by atoms with Crippen molar-refractivity contribution in [2.45, 2.75) is 31.4 Å². The maximum Gasteiger partial charge on any atom is 0.248 e. The number of piperidine rings is 1. The monoisotopic (exact) mass is 358 g/mol. The van der Waals surface area contributed by atoms with Crippen LogP contribution in [0.4, 0.5) is 0 Å². The molecular formula is C20H26N2O4. The van der Waals surface area contributed by atoms with Gasteiger partial charge in [0.25, 0.3) is 0 Å². The zero-order chi connectivity index (χ0) is 18.0. The summed E-state index contributed by atoms with van der Waals surface area (Å²) in [7, 11) is 0. The number of benzene rings is 1. The van der Waals surface area contributed by atoms with Gasteiger partial charge in [-0.2, -0.15) is 0 Å². The van der Waals surface area contributed by atoms with Gasteiger partial charge in [0, 0.05) is 26.2 Å². The molecular weight excluding hydrogens is 332 g/mol. The van der Waals surface area contributed by atoms with Gasteiger partial charge < -0.3 is 19.3 Å². The van der Waals surface area contributed by atoms with Crippen molar-refractivity contribution >= 4 is 11.8 Å². The normalized spacial score (nSPS) is 25.7. The predicted octanol–water partition coefficient (Wildman–Crippen LogP) is 1.44. The number of hydrogen-bond donors (Lipinski definition) is 0. The molecule has 2 amide bonds. The minimum absolute atomic E-state index is 0.0208. The lowest BCUT2D eigenvalue weighted by atomic mass is 9.88. The molecule has 1 aromatic carbocycles. The predicted molar refractivity (Wildman–Crippen MR) is 95.3 cm³/mol. The van der Waals surface area contributed by atoms with Crippen LogP contribution in [0, 0.1) is 5.92 Å². The van der Waals surface area contributed by atoms with Gasteiger partial charge in [-0.1, -0.05) is 30.3 Å². The molecule has 0 saturated carbocycles. The van der Waals surface area contributed by atoms with Gasteiger partial charge in [0.1, 0.15) is 6.61 Å². The number of nitrogens with zero attached hydrogens (tertiary/aromatic N) is 2. The van der Waals surface area contributed by atoms with Crippen molar-refractivity contribution in [1.29, 1.82) is 0 Å². The van der Waals surface area contributed by atoms with Crippen molar-refractivity contribution in [3.8, 4) is 0 Å². The molecule has 6 heteroatoms. The first kappa shape index (κ1) is 17.5. The SMILES string of the molecule is O=C1COC2(CCN(C(=O)C3CCOC3)CC2)CN1Cc1ccccc1. The first-order valence-electron chi connectivity index (χ1n) is 9.47. The molecule has 3 aliphatic heterocycles. The third kappa shape index (κ3) is 3.62. The Morgan fingerprint density at radius 3 is 2.65 bits per heavy atom. The first-order valence-corrected chi connectivity index (χ1v) is 9.47. The summed E-state index contributed by atoms with van der Waals surface area (Å²) in [5.41, 5.74) is 0.817. The van der Waals surface area contributed by atoms with E-state index in [1.807, 2.05) is 40.1 Å². The van der Waals surface area contributed by atoms with Crippen molar-refractivity contribution in [1.82, 2.24) is 9.80 Å². The maximum atomic E-state index is 12.6. The second-order valence-electron chi connectivity index (χ2n) is 7.59. The Balaban J connectivity index is 1.37. The van der Waals surface area contributed by atoms with Crippen molar-refractivity contribution < 1.29 is 19.1 Å². The summed E-state index contributed by atoms with van der Waals surface area (Å²) in [6.07, 6.45) is 2.39. The highest BCUT2D eigenvalue weighted by Gasteiger charge is 2.43. The van der Waals surface area contributed by atoms with Crippen LogP contribution < -0.4 is 0 Å². The highest BCUT2D eigenvalue weighted by atomic mass is 16.5. The Hall–Kier alpha value is -1.92. The van der Waals surface area contributed by atoms with Crippen molar-refractivity contribution in [3.63, 3.8) is 0 Å². The van der Waals surface area contributed by atoms with Gasteiger partial charge in [0.15, 0.2) is 0 Å². The van der Waals surface area contributed by atoms with Gasteiger partial charge in [-0.3, -0.25) is 9.59 Å². The van der Waals surface area contributed by atoms with Crippen LogP contribution in [0.3, 0.4) is 0 Å². The Labute approximate surface area is 154 Å². The zero-order valence-electron chi connectivity index (χ0n) is 15.1. The standard InChI is InChI=1S/C20H26N2O4/c23-18-14-26-20(15-22(18)12-16-4-2-1-3-5-16)7-9-21(10-8-20)19(24)17-6-11-25-13-17/h1-5,17H,6-15H2. The van der Waals surface area contributed by atoms with E-state index in [1.165, 1.54) is 0 Å². The molecule has 3 heterocycles. The van der Waals surface area contributed by atoms with Crippen LogP contribution in [-0.4, -0.2) is 66.7 Å². The van der Waals surface area contributed by atoms with Gasteiger partial charge in [0.05, 0.1) is 24.7 Å². The first-order chi connectivity index (χ1) is 12.7. The fraction of sp³-hybridized carbons (Fsp3) is 0.600. The summed E-state index contributed by atoms with van der Waals surface area (Å²) in [4.78, 5) is 28.7. The second kappa shape index (κ2) is 7.37. The number of amides is 2. The third-order valence-electron chi connectivity index (χ3n) is 5.82. The second-order valence-corrected chi connectivity index (χ2v) is 7.59. The average Bonchev–Trinajstić information content (AvgIpc) is 3.21. The van der Waals surface area contributed by atoms with E-state index in [0.717, 1.165) is 24.8 Å². The molecule has 0 bridgehead atoms. The van der Waals surface area contributed by atoms with Gasteiger partial charge in [-0.15, -0.1) is 0 Å². The molecule has 0 N–H and O–H groups in total. The number of carbonyl (C=O) groups is 2. The summed E-state index contributed by atoms with van der Waals surface area (Å²) in [6.45, 7) is 4.00. The summed E-state index contributed by atoms with van der Waals surface area (Å²) in [5.74, 6) is 0.277. The van der Waals surface area contributed by atoms with Gasteiger partial charge in [-0.25, -0.2) is 0 Å². The summed E-state index contributed by atoms with van der Waals surface area (Å²) >= 11 is 0. The largest absolute Gasteiger partial charge is 0.381 e. The van der Waals surface area contributed by atoms with E-state index in [9.17, 15) is 9.59 Å². The van der Waals surface area contributed by atoms with E-state index in [-0.39, 0.29) is 29.9 Å². The van der Waals surface area contributed by atoms with Crippen LogP contribution >= 0.6 is 0 Å². The van der Waals surface area contributed by atoms with E-state index in [1.54, 1.807) is 0 Å². The molecule has 1 spiro atoms.